The van der Waals surface area contributed by atoms with E-state index in [2.05, 4.69) is 38.7 Å². The van der Waals surface area contributed by atoms with Crippen LogP contribution in [0.2, 0.25) is 0 Å². The summed E-state index contributed by atoms with van der Waals surface area (Å²) in [5.41, 5.74) is 1.54. The fraction of sp³-hybridized carbons (Fsp3) is 0.615. The highest BCUT2D eigenvalue weighted by molar-refractivity contribution is 7.89. The highest BCUT2D eigenvalue weighted by Gasteiger charge is 2.30. The van der Waals surface area contributed by atoms with Gasteiger partial charge in [0.2, 0.25) is 15.9 Å². The fourth-order valence-electron chi connectivity index (χ4n) is 4.63. The first kappa shape index (κ1) is 33.5. The number of H-pyrrole nitrogens is 1. The van der Waals surface area contributed by atoms with Crippen LogP contribution in [0.5, 0.6) is 5.88 Å². The molecule has 1 aliphatic rings. The lowest BCUT2D eigenvalue weighted by Crippen LogP contribution is -2.48. The van der Waals surface area contributed by atoms with Gasteiger partial charge in [0.1, 0.15) is 16.2 Å². The Bertz CT molecular complexity index is 1540. The molecule has 3 aromatic heterocycles. The highest BCUT2D eigenvalue weighted by atomic mass is 32.2. The zero-order valence-corrected chi connectivity index (χ0v) is 26.5. The lowest BCUT2D eigenvalue weighted by molar-refractivity contribution is 0.196. The first-order valence-electron chi connectivity index (χ1n) is 14.0. The first-order chi connectivity index (χ1) is 20.1. The van der Waals surface area contributed by atoms with Gasteiger partial charge in [0, 0.05) is 32.7 Å². The van der Waals surface area contributed by atoms with Gasteiger partial charge in [-0.2, -0.15) is 17.8 Å². The molecule has 4 heterocycles. The zero-order valence-electron chi connectivity index (χ0n) is 24.8. The molecule has 1 aliphatic heterocycles. The number of piperazine rings is 1. The van der Waals surface area contributed by atoms with E-state index < -0.39 is 27.2 Å². The van der Waals surface area contributed by atoms with E-state index in [1.165, 1.54) is 16.6 Å². The van der Waals surface area contributed by atoms with E-state index >= 15 is 0 Å². The number of unbranched alkanes of at least 4 members (excludes halogenated alkanes) is 1. The van der Waals surface area contributed by atoms with Crippen molar-refractivity contribution in [2.75, 3.05) is 60.0 Å². The minimum atomic E-state index is -3.80. The van der Waals surface area contributed by atoms with Crippen LogP contribution in [0.25, 0.3) is 22.4 Å². The minimum absolute atomic E-state index is 0.0467. The topological polar surface area (TPSA) is 164 Å². The molecule has 0 unspecified atom stereocenters. The standard InChI is InChI=1S/C26H40N8O4S.O2S/c1-6-9-16-38-26-20(17-19(18-27-26)39(36,37)33-13-11-32(8-3)12-14-33)24-28-22-21(7-2)34(15-10-31(4)5)30-23(22)25(35)29-24;1-3-2/h17-18H,6-16H2,1-5H3,(H,28,29,35);. The number of nitrogens with zero attached hydrogens (tertiary/aromatic N) is 7. The number of aromatic nitrogens is 5. The summed E-state index contributed by atoms with van der Waals surface area (Å²) in [5.74, 6) is 0.444. The zero-order chi connectivity index (χ0) is 30.9. The van der Waals surface area contributed by atoms with Gasteiger partial charge in [-0.15, -0.1) is 0 Å². The molecule has 0 bridgehead atoms. The van der Waals surface area contributed by atoms with E-state index in [9.17, 15) is 13.2 Å². The van der Waals surface area contributed by atoms with Crippen LogP contribution in [-0.2, 0) is 34.6 Å². The normalized spacial score (nSPS) is 14.6. The second-order valence-electron chi connectivity index (χ2n) is 10.1. The van der Waals surface area contributed by atoms with Crippen molar-refractivity contribution in [3.05, 3.63) is 28.3 Å². The number of ether oxygens (including phenoxy) is 1. The van der Waals surface area contributed by atoms with Crippen LogP contribution < -0.4 is 10.3 Å². The average Bonchev–Trinajstić information content (AvgIpc) is 3.34. The summed E-state index contributed by atoms with van der Waals surface area (Å²) in [5, 5.41) is 4.53. The van der Waals surface area contributed by atoms with Gasteiger partial charge in [0.15, 0.2) is 5.52 Å². The van der Waals surface area contributed by atoms with E-state index in [4.69, 9.17) is 18.1 Å². The van der Waals surface area contributed by atoms with E-state index in [0.717, 1.165) is 31.6 Å². The van der Waals surface area contributed by atoms with Crippen LogP contribution >= 0.6 is 0 Å². The molecular formula is C26H40N8O6S2. The molecule has 232 valence electrons. The number of aromatic amines is 1. The largest absolute Gasteiger partial charge is 0.477 e. The Balaban J connectivity index is 0.00000155. The predicted octanol–water partition coefficient (Wildman–Crippen LogP) is 1.14. The molecule has 0 radical (unpaired) electrons. The van der Waals surface area contributed by atoms with Gasteiger partial charge in [-0.1, -0.05) is 27.2 Å². The maximum Gasteiger partial charge on any atom is 0.335 e. The molecule has 0 aromatic carbocycles. The number of aryl methyl sites for hydroxylation is 1. The molecule has 1 saturated heterocycles. The molecule has 1 fully saturated rings. The summed E-state index contributed by atoms with van der Waals surface area (Å²) >= 11 is -0.750. The number of rotatable bonds is 12. The number of pyridine rings is 1. The van der Waals surface area contributed by atoms with Gasteiger partial charge < -0.3 is 19.5 Å². The second-order valence-corrected chi connectivity index (χ2v) is 12.1. The van der Waals surface area contributed by atoms with Crippen molar-refractivity contribution in [2.45, 2.75) is 51.5 Å². The number of hydrogen-bond donors (Lipinski definition) is 1. The summed E-state index contributed by atoms with van der Waals surface area (Å²) < 4.78 is 53.0. The molecule has 0 saturated carbocycles. The Morgan fingerprint density at radius 3 is 2.38 bits per heavy atom. The lowest BCUT2D eigenvalue weighted by Gasteiger charge is -2.33. The summed E-state index contributed by atoms with van der Waals surface area (Å²) in [6, 6.07) is 1.52. The molecule has 42 heavy (non-hydrogen) atoms. The maximum atomic E-state index is 13.6. The Kier molecular flexibility index (Phi) is 12.3. The quantitative estimate of drug-likeness (QED) is 0.288. The average molecular weight is 625 g/mol. The number of hydrogen-bond acceptors (Lipinski definition) is 11. The molecule has 3 aromatic rings. The van der Waals surface area contributed by atoms with Gasteiger partial charge in [0.05, 0.1) is 30.6 Å². The van der Waals surface area contributed by atoms with Gasteiger partial charge in [-0.3, -0.25) is 9.48 Å². The Morgan fingerprint density at radius 2 is 1.79 bits per heavy atom. The lowest BCUT2D eigenvalue weighted by atomic mass is 10.2. The minimum Gasteiger partial charge on any atom is -0.477 e. The molecule has 0 amide bonds. The van der Waals surface area contributed by atoms with E-state index in [-0.39, 0.29) is 22.1 Å². The summed E-state index contributed by atoms with van der Waals surface area (Å²) in [6.07, 6.45) is 3.71. The van der Waals surface area contributed by atoms with Crippen LogP contribution in [0.1, 0.15) is 39.3 Å². The number of nitrogens with one attached hydrogen (secondary N) is 1. The van der Waals surface area contributed by atoms with Crippen molar-refractivity contribution in [2.24, 2.45) is 0 Å². The molecule has 16 heteroatoms. The van der Waals surface area contributed by atoms with Crippen LogP contribution in [0.3, 0.4) is 0 Å². The highest BCUT2D eigenvalue weighted by Crippen LogP contribution is 2.30. The molecule has 0 aliphatic carbocycles. The molecule has 4 rings (SSSR count). The molecule has 1 N–H and O–H groups in total. The Labute approximate surface area is 249 Å². The number of likely N-dealkylation sites (N-methyl/N-ethyl adjacent to an activating group) is 2. The molecule has 14 nitrogen and oxygen atoms in total. The molecule has 0 atom stereocenters. The third-order valence-electron chi connectivity index (χ3n) is 7.03. The van der Waals surface area contributed by atoms with E-state index in [0.29, 0.717) is 56.8 Å². The summed E-state index contributed by atoms with van der Waals surface area (Å²) in [4.78, 5) is 29.5. The maximum absolute atomic E-state index is 13.6. The molecular weight excluding hydrogens is 584 g/mol. The third-order valence-corrected chi connectivity index (χ3v) is 8.89. The summed E-state index contributed by atoms with van der Waals surface area (Å²) in [7, 11) is 0.169. The van der Waals surface area contributed by atoms with Gasteiger partial charge in [-0.25, -0.2) is 18.4 Å². The second kappa shape index (κ2) is 15.4. The Hall–Kier alpha value is -3.05. The van der Waals surface area contributed by atoms with Crippen LogP contribution in [0.4, 0.5) is 0 Å². The fourth-order valence-corrected chi connectivity index (χ4v) is 6.02. The monoisotopic (exact) mass is 624 g/mol. The van der Waals surface area contributed by atoms with Crippen LogP contribution in [0, 0.1) is 0 Å². The van der Waals surface area contributed by atoms with Gasteiger partial charge in [-0.05, 0) is 39.5 Å². The van der Waals surface area contributed by atoms with Crippen molar-refractivity contribution in [3.8, 4) is 17.3 Å². The van der Waals surface area contributed by atoms with Crippen LogP contribution in [-0.4, -0.2) is 116 Å². The SMILES string of the molecule is CCCCOc1ncc(S(=O)(=O)N2CCN(CC)CC2)cc1-c1nc2c(CC)n(CCN(C)C)nc2c(=O)[nH]1.O=S=O. The predicted molar refractivity (Wildman–Crippen MR) is 160 cm³/mol. The van der Waals surface area contributed by atoms with Crippen molar-refractivity contribution >= 4 is 32.6 Å². The van der Waals surface area contributed by atoms with Crippen molar-refractivity contribution in [3.63, 3.8) is 0 Å². The summed E-state index contributed by atoms with van der Waals surface area (Å²) in [6.45, 7) is 11.0. The number of sulfonamides is 1. The van der Waals surface area contributed by atoms with Crippen molar-refractivity contribution < 1.29 is 21.6 Å². The smallest absolute Gasteiger partial charge is 0.335 e. The number of fused-ring (bicyclic) bond motifs is 1. The van der Waals surface area contributed by atoms with Crippen molar-refractivity contribution in [1.29, 1.82) is 0 Å². The Morgan fingerprint density at radius 1 is 1.10 bits per heavy atom. The van der Waals surface area contributed by atoms with E-state index in [1.54, 1.807) is 0 Å². The van der Waals surface area contributed by atoms with Gasteiger partial charge in [0.25, 0.3) is 5.56 Å². The van der Waals surface area contributed by atoms with E-state index in [1.807, 2.05) is 25.7 Å². The van der Waals surface area contributed by atoms with Crippen LogP contribution in [0.15, 0.2) is 22.0 Å². The van der Waals surface area contributed by atoms with Crippen molar-refractivity contribution in [1.82, 2.24) is 38.8 Å². The third kappa shape index (κ3) is 7.86. The van der Waals surface area contributed by atoms with Gasteiger partial charge >= 0.3 is 11.6 Å². The molecule has 0 spiro atoms. The first-order valence-corrected chi connectivity index (χ1v) is 16.1.